The molecule has 3 heteroatoms. The molecule has 0 fully saturated rings. The lowest BCUT2D eigenvalue weighted by atomic mass is 10.2. The number of rotatable bonds is 9. The van der Waals surface area contributed by atoms with E-state index in [9.17, 15) is 0 Å². The first kappa shape index (κ1) is 17.7. The van der Waals surface area contributed by atoms with Gasteiger partial charge in [-0.15, -0.1) is 0 Å². The van der Waals surface area contributed by atoms with Gasteiger partial charge in [-0.2, -0.15) is 0 Å². The van der Waals surface area contributed by atoms with Gasteiger partial charge < -0.3 is 4.43 Å². The summed E-state index contributed by atoms with van der Waals surface area (Å²) >= 11 is 0. The summed E-state index contributed by atoms with van der Waals surface area (Å²) in [6, 6.07) is 12.5. The molecule has 0 bridgehead atoms. The Balaban J connectivity index is 2.86. The maximum atomic E-state index is 6.43. The minimum absolute atomic E-state index is 0.875. The van der Waals surface area contributed by atoms with Gasteiger partial charge in [0.15, 0.2) is 7.83 Å². The molecule has 0 saturated heterocycles. The fraction of sp³-hybridized carbons (Fsp3) is 0.647. The lowest BCUT2D eigenvalue weighted by Gasteiger charge is -2.41. The fourth-order valence-electron chi connectivity index (χ4n) is 2.93. The molecular weight excluding hydrogens is 276 g/mol. The normalized spacial score (nSPS) is 15.1. The molecule has 0 aliphatic rings. The zero-order valence-corrected chi connectivity index (χ0v) is 16.0. The third-order valence-electron chi connectivity index (χ3n) is 4.79. The number of benzene rings is 1. The minimum Gasteiger partial charge on any atom is -0.420 e. The summed E-state index contributed by atoms with van der Waals surface area (Å²) in [4.78, 5) is 0. The van der Waals surface area contributed by atoms with Gasteiger partial charge in [-0.05, 0) is 19.5 Å². The van der Waals surface area contributed by atoms with Crippen LogP contribution < -0.4 is 5.19 Å². The molecule has 0 radical (unpaired) electrons. The third-order valence-corrected chi connectivity index (χ3v) is 21.4. The molecule has 1 nitrogen and oxygen atoms in total. The highest BCUT2D eigenvalue weighted by atomic mass is 29.3. The van der Waals surface area contributed by atoms with E-state index in [4.69, 9.17) is 4.43 Å². The summed E-state index contributed by atoms with van der Waals surface area (Å²) in [5, 5.41) is 1.57. The second kappa shape index (κ2) is 8.15. The first-order chi connectivity index (χ1) is 9.48. The van der Waals surface area contributed by atoms with Crippen LogP contribution in [0.3, 0.4) is 0 Å². The van der Waals surface area contributed by atoms with Gasteiger partial charge in [-0.1, -0.05) is 81.2 Å². The fourth-order valence-corrected chi connectivity index (χ4v) is 13.5. The van der Waals surface area contributed by atoms with Crippen molar-refractivity contribution in [2.45, 2.75) is 65.2 Å². The summed E-state index contributed by atoms with van der Waals surface area (Å²) in [6.07, 6.45) is 5.39. The molecule has 0 saturated carbocycles. The van der Waals surface area contributed by atoms with Crippen molar-refractivity contribution in [3.05, 3.63) is 30.3 Å². The smallest absolute Gasteiger partial charge is 0.181 e. The van der Waals surface area contributed by atoms with Gasteiger partial charge in [-0.3, -0.25) is 0 Å². The Hall–Kier alpha value is -0.386. The standard InChI is InChI=1S/C17H32OSi2/c1-6-8-9-13-16-20(5,18-7-2)19(3,4)17-14-11-10-12-15-17/h10-12,14-15H,6-9,13,16H2,1-5H3. The maximum absolute atomic E-state index is 6.43. The van der Waals surface area contributed by atoms with Crippen molar-refractivity contribution < 1.29 is 4.43 Å². The van der Waals surface area contributed by atoms with Crippen LogP contribution in [0.2, 0.25) is 25.7 Å². The topological polar surface area (TPSA) is 9.23 Å². The second-order valence-electron chi connectivity index (χ2n) is 6.47. The van der Waals surface area contributed by atoms with E-state index in [1.807, 2.05) is 0 Å². The molecule has 1 aromatic carbocycles. The summed E-state index contributed by atoms with van der Waals surface area (Å²) in [6.45, 7) is 12.8. The minimum atomic E-state index is -1.63. The molecule has 1 atom stereocenters. The average molecular weight is 309 g/mol. The van der Waals surface area contributed by atoms with E-state index in [0.717, 1.165) is 6.61 Å². The SMILES string of the molecule is CCCCCC[Si](C)(OCC)[Si](C)(C)c1ccccc1. The van der Waals surface area contributed by atoms with Crippen molar-refractivity contribution in [3.8, 4) is 0 Å². The monoisotopic (exact) mass is 308 g/mol. The van der Waals surface area contributed by atoms with Crippen molar-refractivity contribution in [3.63, 3.8) is 0 Å². The van der Waals surface area contributed by atoms with Gasteiger partial charge in [0.1, 0.15) is 7.59 Å². The highest BCUT2D eigenvalue weighted by molar-refractivity contribution is 7.43. The third kappa shape index (κ3) is 4.30. The van der Waals surface area contributed by atoms with Gasteiger partial charge in [0.25, 0.3) is 0 Å². The van der Waals surface area contributed by atoms with Gasteiger partial charge >= 0.3 is 0 Å². The van der Waals surface area contributed by atoms with Crippen molar-refractivity contribution >= 4 is 20.6 Å². The Morgan fingerprint density at radius 2 is 1.55 bits per heavy atom. The molecule has 0 aliphatic heterocycles. The molecule has 0 heterocycles. The Labute approximate surface area is 127 Å². The largest absolute Gasteiger partial charge is 0.420 e. The maximum Gasteiger partial charge on any atom is 0.181 e. The predicted octanol–water partition coefficient (Wildman–Crippen LogP) is 4.87. The van der Waals surface area contributed by atoms with E-state index in [1.54, 1.807) is 5.19 Å². The molecule has 114 valence electrons. The van der Waals surface area contributed by atoms with E-state index in [2.05, 4.69) is 63.8 Å². The Kier molecular flexibility index (Phi) is 7.20. The number of hydrogen-bond acceptors (Lipinski definition) is 1. The van der Waals surface area contributed by atoms with Gasteiger partial charge in [0, 0.05) is 6.61 Å². The summed E-state index contributed by atoms with van der Waals surface area (Å²) in [5.74, 6) is 0. The number of hydrogen-bond donors (Lipinski definition) is 0. The molecule has 0 amide bonds. The van der Waals surface area contributed by atoms with E-state index in [-0.39, 0.29) is 0 Å². The first-order valence-corrected chi connectivity index (χ1v) is 14.8. The zero-order chi connectivity index (χ0) is 15.1. The molecule has 0 N–H and O–H groups in total. The zero-order valence-electron chi connectivity index (χ0n) is 14.0. The van der Waals surface area contributed by atoms with Crippen molar-refractivity contribution in [2.75, 3.05) is 6.61 Å². The quantitative estimate of drug-likeness (QED) is 0.467. The molecule has 0 aromatic heterocycles. The van der Waals surface area contributed by atoms with E-state index < -0.39 is 15.4 Å². The highest BCUT2D eigenvalue weighted by Gasteiger charge is 2.47. The molecule has 1 aromatic rings. The molecule has 20 heavy (non-hydrogen) atoms. The predicted molar refractivity (Wildman–Crippen MR) is 95.8 cm³/mol. The number of unbranched alkanes of at least 4 members (excludes halogenated alkanes) is 3. The Morgan fingerprint density at radius 1 is 0.900 bits per heavy atom. The van der Waals surface area contributed by atoms with E-state index in [1.165, 1.54) is 31.7 Å². The Morgan fingerprint density at radius 3 is 2.10 bits per heavy atom. The van der Waals surface area contributed by atoms with Crippen LogP contribution in [0.4, 0.5) is 0 Å². The van der Waals surface area contributed by atoms with Crippen LogP contribution in [-0.4, -0.2) is 22.0 Å². The van der Waals surface area contributed by atoms with Crippen LogP contribution in [-0.2, 0) is 4.43 Å². The Bertz CT molecular complexity index is 378. The highest BCUT2D eigenvalue weighted by Crippen LogP contribution is 2.27. The summed E-state index contributed by atoms with van der Waals surface area (Å²) < 4.78 is 6.43. The lowest BCUT2D eigenvalue weighted by molar-refractivity contribution is 0.335. The van der Waals surface area contributed by atoms with Crippen molar-refractivity contribution in [2.24, 2.45) is 0 Å². The van der Waals surface area contributed by atoms with Gasteiger partial charge in [0.05, 0.1) is 0 Å². The van der Waals surface area contributed by atoms with E-state index >= 15 is 0 Å². The molecule has 0 spiro atoms. The van der Waals surface area contributed by atoms with Crippen LogP contribution in [0.5, 0.6) is 0 Å². The van der Waals surface area contributed by atoms with Crippen LogP contribution >= 0.6 is 0 Å². The second-order valence-corrected chi connectivity index (χ2v) is 20.5. The lowest BCUT2D eigenvalue weighted by Crippen LogP contribution is -2.66. The van der Waals surface area contributed by atoms with Crippen molar-refractivity contribution in [1.82, 2.24) is 0 Å². The van der Waals surface area contributed by atoms with E-state index in [0.29, 0.717) is 0 Å². The summed E-state index contributed by atoms with van der Waals surface area (Å²) in [5.41, 5.74) is 0. The van der Waals surface area contributed by atoms with Gasteiger partial charge in [-0.25, -0.2) is 0 Å². The van der Waals surface area contributed by atoms with Gasteiger partial charge in [0.2, 0.25) is 0 Å². The molecule has 1 rings (SSSR count). The van der Waals surface area contributed by atoms with Crippen LogP contribution in [0.1, 0.15) is 39.5 Å². The molecular formula is C17H32OSi2. The molecule has 0 aliphatic carbocycles. The summed E-state index contributed by atoms with van der Waals surface area (Å²) in [7, 11) is -3.13. The average Bonchev–Trinajstić information content (AvgIpc) is 2.45. The van der Waals surface area contributed by atoms with Crippen molar-refractivity contribution in [1.29, 1.82) is 0 Å². The van der Waals surface area contributed by atoms with Crippen LogP contribution in [0, 0.1) is 0 Å². The first-order valence-electron chi connectivity index (χ1n) is 8.17. The van der Waals surface area contributed by atoms with Crippen LogP contribution in [0.15, 0.2) is 30.3 Å². The molecule has 1 unspecified atom stereocenters. The van der Waals surface area contributed by atoms with Crippen LogP contribution in [0.25, 0.3) is 0 Å².